The van der Waals surface area contributed by atoms with Crippen LogP contribution in [0.5, 0.6) is 0 Å². The molecule has 1 aromatic carbocycles. The number of halogens is 1. The number of hydrogen-bond acceptors (Lipinski definition) is 1. The largest absolute Gasteiger partial charge is 0.349 e. The van der Waals surface area contributed by atoms with E-state index in [-0.39, 0.29) is 11.7 Å². The molecule has 2 aromatic rings. The Morgan fingerprint density at radius 1 is 1.33 bits per heavy atom. The summed E-state index contributed by atoms with van der Waals surface area (Å²) in [6, 6.07) is 9.62. The van der Waals surface area contributed by atoms with Gasteiger partial charge in [0.1, 0.15) is 0 Å². The van der Waals surface area contributed by atoms with Crippen molar-refractivity contribution in [1.29, 1.82) is 0 Å². The van der Waals surface area contributed by atoms with Crippen molar-refractivity contribution in [1.82, 2.24) is 4.57 Å². The lowest BCUT2D eigenvalue weighted by atomic mass is 10.0. The number of carbonyl (C=O) groups excluding carboxylic acids is 1. The minimum Gasteiger partial charge on any atom is -0.349 e. The fourth-order valence-electron chi connectivity index (χ4n) is 1.86. The molecule has 0 aliphatic rings. The van der Waals surface area contributed by atoms with Gasteiger partial charge in [0.25, 0.3) is 0 Å². The highest BCUT2D eigenvalue weighted by atomic mass is 35.5. The van der Waals surface area contributed by atoms with E-state index in [0.717, 1.165) is 22.7 Å². The molecule has 0 bridgehead atoms. The molecule has 18 heavy (non-hydrogen) atoms. The fraction of sp³-hybridized carbons (Fsp3) is 0.267. The third-order valence-corrected chi connectivity index (χ3v) is 3.05. The maximum absolute atomic E-state index is 11.8. The minimum absolute atomic E-state index is 0.0343. The lowest BCUT2D eigenvalue weighted by molar-refractivity contribution is 0.0939. The summed E-state index contributed by atoms with van der Waals surface area (Å²) in [6.07, 6.45) is 3.82. The number of hydrogen-bond donors (Lipinski definition) is 0. The van der Waals surface area contributed by atoms with Crippen LogP contribution in [-0.2, 0) is 6.54 Å². The van der Waals surface area contributed by atoms with E-state index in [1.807, 2.05) is 61.1 Å². The lowest BCUT2D eigenvalue weighted by Crippen LogP contribution is -2.06. The van der Waals surface area contributed by atoms with E-state index in [4.69, 9.17) is 11.6 Å². The first-order valence-corrected chi connectivity index (χ1v) is 6.38. The van der Waals surface area contributed by atoms with Gasteiger partial charge < -0.3 is 4.57 Å². The van der Waals surface area contributed by atoms with Crippen molar-refractivity contribution in [2.75, 3.05) is 0 Å². The van der Waals surface area contributed by atoms with Gasteiger partial charge in [0, 0.05) is 35.4 Å². The summed E-state index contributed by atoms with van der Waals surface area (Å²) in [6.45, 7) is 4.55. The van der Waals surface area contributed by atoms with Crippen molar-refractivity contribution >= 4 is 17.4 Å². The molecule has 0 saturated carbocycles. The van der Waals surface area contributed by atoms with Crippen molar-refractivity contribution in [3.05, 3.63) is 58.9 Å². The van der Waals surface area contributed by atoms with Crippen molar-refractivity contribution in [2.24, 2.45) is 5.92 Å². The normalized spacial score (nSPS) is 10.9. The molecular weight excluding hydrogens is 246 g/mol. The smallest absolute Gasteiger partial charge is 0.166 e. The second-order valence-electron chi connectivity index (χ2n) is 4.72. The highest BCUT2D eigenvalue weighted by Gasteiger charge is 2.11. The molecule has 2 nitrogen and oxygen atoms in total. The molecule has 1 aromatic heterocycles. The third kappa shape index (κ3) is 3.02. The minimum atomic E-state index is 0.0343. The van der Waals surface area contributed by atoms with Crippen LogP contribution in [0.2, 0.25) is 5.02 Å². The van der Waals surface area contributed by atoms with Crippen LogP contribution in [0.15, 0.2) is 42.7 Å². The molecule has 0 spiro atoms. The summed E-state index contributed by atoms with van der Waals surface area (Å²) in [4.78, 5) is 11.8. The Kier molecular flexibility index (Phi) is 3.87. The van der Waals surface area contributed by atoms with E-state index < -0.39 is 0 Å². The summed E-state index contributed by atoms with van der Waals surface area (Å²) < 4.78 is 2.00. The predicted octanol–water partition coefficient (Wildman–Crippen LogP) is 4.03. The van der Waals surface area contributed by atoms with E-state index in [2.05, 4.69) is 0 Å². The van der Waals surface area contributed by atoms with Gasteiger partial charge in [0.2, 0.25) is 0 Å². The molecule has 0 atom stereocenters. The van der Waals surface area contributed by atoms with Crippen LogP contribution in [-0.4, -0.2) is 10.4 Å². The molecule has 1 heterocycles. The van der Waals surface area contributed by atoms with Gasteiger partial charge in [0.05, 0.1) is 0 Å². The van der Waals surface area contributed by atoms with Gasteiger partial charge in [-0.2, -0.15) is 0 Å². The van der Waals surface area contributed by atoms with E-state index in [1.165, 1.54) is 0 Å². The Labute approximate surface area is 112 Å². The van der Waals surface area contributed by atoms with Crippen LogP contribution >= 0.6 is 11.6 Å². The Balaban J connectivity index is 2.14. The Hall–Kier alpha value is -1.54. The van der Waals surface area contributed by atoms with Crippen molar-refractivity contribution in [3.63, 3.8) is 0 Å². The molecule has 3 heteroatoms. The summed E-state index contributed by atoms with van der Waals surface area (Å²) in [5, 5.41) is 0.734. The number of rotatable bonds is 4. The molecule has 0 aliphatic carbocycles. The summed E-state index contributed by atoms with van der Waals surface area (Å²) >= 11 is 5.94. The topological polar surface area (TPSA) is 22.0 Å². The van der Waals surface area contributed by atoms with Gasteiger partial charge in [-0.15, -0.1) is 0 Å². The van der Waals surface area contributed by atoms with Crippen LogP contribution < -0.4 is 0 Å². The predicted molar refractivity (Wildman–Crippen MR) is 74.2 cm³/mol. The Bertz CT molecular complexity index is 557. The average Bonchev–Trinajstić information content (AvgIpc) is 2.76. The number of aromatic nitrogens is 1. The molecule has 0 aliphatic heterocycles. The van der Waals surface area contributed by atoms with Gasteiger partial charge in [-0.05, 0) is 23.8 Å². The fourth-order valence-corrected chi connectivity index (χ4v) is 2.08. The molecule has 0 saturated heterocycles. The van der Waals surface area contributed by atoms with Gasteiger partial charge in [-0.1, -0.05) is 37.6 Å². The molecule has 94 valence electrons. The average molecular weight is 262 g/mol. The zero-order valence-corrected chi connectivity index (χ0v) is 11.3. The molecule has 0 radical (unpaired) electrons. The van der Waals surface area contributed by atoms with E-state index in [0.29, 0.717) is 0 Å². The molecule has 0 amide bonds. The third-order valence-electron chi connectivity index (χ3n) is 2.81. The Morgan fingerprint density at radius 3 is 2.78 bits per heavy atom. The second kappa shape index (κ2) is 5.40. The summed E-state index contributed by atoms with van der Waals surface area (Å²) in [7, 11) is 0. The Morgan fingerprint density at radius 2 is 2.11 bits per heavy atom. The number of carbonyl (C=O) groups is 1. The first-order chi connectivity index (χ1) is 8.56. The first kappa shape index (κ1) is 12.9. The van der Waals surface area contributed by atoms with Gasteiger partial charge in [0.15, 0.2) is 5.78 Å². The quantitative estimate of drug-likeness (QED) is 0.762. The van der Waals surface area contributed by atoms with Crippen molar-refractivity contribution < 1.29 is 4.79 Å². The molecule has 0 N–H and O–H groups in total. The number of ketones is 1. The second-order valence-corrected chi connectivity index (χ2v) is 5.16. The highest BCUT2D eigenvalue weighted by Crippen LogP contribution is 2.14. The molecular formula is C15H16ClNO. The van der Waals surface area contributed by atoms with Crippen LogP contribution in [0.3, 0.4) is 0 Å². The molecule has 0 fully saturated rings. The van der Waals surface area contributed by atoms with Crippen LogP contribution in [0.25, 0.3) is 0 Å². The van der Waals surface area contributed by atoms with Crippen molar-refractivity contribution in [2.45, 2.75) is 20.4 Å². The van der Waals surface area contributed by atoms with Gasteiger partial charge in [-0.3, -0.25) is 4.79 Å². The monoisotopic (exact) mass is 261 g/mol. The van der Waals surface area contributed by atoms with E-state index >= 15 is 0 Å². The highest BCUT2D eigenvalue weighted by molar-refractivity contribution is 6.30. The number of benzene rings is 1. The van der Waals surface area contributed by atoms with Crippen molar-refractivity contribution in [3.8, 4) is 0 Å². The van der Waals surface area contributed by atoms with Crippen LogP contribution in [0.4, 0.5) is 0 Å². The maximum Gasteiger partial charge on any atom is 0.166 e. The summed E-state index contributed by atoms with van der Waals surface area (Å²) in [5.74, 6) is 0.215. The standard InChI is InChI=1S/C15H16ClNO/c1-11(2)15(18)13-6-7-17(10-13)9-12-4-3-5-14(16)8-12/h3-8,10-11H,9H2,1-2H3. The van der Waals surface area contributed by atoms with Crippen LogP contribution in [0.1, 0.15) is 29.8 Å². The molecule has 0 unspecified atom stereocenters. The lowest BCUT2D eigenvalue weighted by Gasteiger charge is -2.04. The zero-order chi connectivity index (χ0) is 13.1. The van der Waals surface area contributed by atoms with Gasteiger partial charge in [-0.25, -0.2) is 0 Å². The maximum atomic E-state index is 11.8. The zero-order valence-electron chi connectivity index (χ0n) is 10.6. The SMILES string of the molecule is CC(C)C(=O)c1ccn(Cc2cccc(Cl)c2)c1. The number of Topliss-reactive ketones (excluding diaryl/α,β-unsaturated/α-hetero) is 1. The van der Waals surface area contributed by atoms with E-state index in [1.54, 1.807) is 0 Å². The first-order valence-electron chi connectivity index (χ1n) is 6.00. The van der Waals surface area contributed by atoms with E-state index in [9.17, 15) is 4.79 Å². The number of nitrogens with zero attached hydrogens (tertiary/aromatic N) is 1. The van der Waals surface area contributed by atoms with Crippen LogP contribution in [0, 0.1) is 5.92 Å². The summed E-state index contributed by atoms with van der Waals surface area (Å²) in [5.41, 5.74) is 1.90. The molecule has 2 rings (SSSR count). The van der Waals surface area contributed by atoms with Gasteiger partial charge >= 0.3 is 0 Å².